The number of esters is 1. The maximum absolute atomic E-state index is 13.3. The number of carbonyl (C=O) groups excluding carboxylic acids is 1. The smallest absolute Gasteiger partial charge is 0.363 e. The summed E-state index contributed by atoms with van der Waals surface area (Å²) >= 11 is 0. The lowest BCUT2D eigenvalue weighted by Gasteiger charge is -2.11. The third kappa shape index (κ3) is 3.91. The average molecular weight is 355 g/mol. The van der Waals surface area contributed by atoms with Gasteiger partial charge in [-0.05, 0) is 55.8 Å². The van der Waals surface area contributed by atoms with Crippen LogP contribution in [0.25, 0.3) is 6.08 Å². The van der Waals surface area contributed by atoms with Gasteiger partial charge in [-0.3, -0.25) is 0 Å². The van der Waals surface area contributed by atoms with Crippen molar-refractivity contribution in [1.29, 1.82) is 0 Å². The molecule has 0 spiro atoms. The monoisotopic (exact) mass is 355 g/mol. The molecular formula is C20H18FNO4. The molecule has 26 heavy (non-hydrogen) atoms. The quantitative estimate of drug-likeness (QED) is 0.581. The maximum Gasteiger partial charge on any atom is 0.363 e. The molecule has 0 radical (unpaired) electrons. The molecule has 2 aromatic carbocycles. The fourth-order valence-electron chi connectivity index (χ4n) is 2.47. The minimum atomic E-state index is -0.587. The standard InChI is InChI=1S/C20H18FNO4/c1-3-24-17-9-8-14(12-18(17)25-4-2)19-22-16(20(23)26-19)11-13-6-5-7-15(21)10-13/h5-12H,3-4H2,1-2H3/b16-11-. The molecule has 0 bridgehead atoms. The van der Waals surface area contributed by atoms with Crippen molar-refractivity contribution in [2.75, 3.05) is 13.2 Å². The molecular weight excluding hydrogens is 337 g/mol. The molecule has 0 saturated carbocycles. The number of rotatable bonds is 6. The zero-order valence-corrected chi connectivity index (χ0v) is 14.5. The van der Waals surface area contributed by atoms with E-state index in [1.807, 2.05) is 13.8 Å². The second kappa shape index (κ2) is 7.82. The van der Waals surface area contributed by atoms with E-state index in [9.17, 15) is 9.18 Å². The van der Waals surface area contributed by atoms with E-state index in [0.29, 0.717) is 35.8 Å². The van der Waals surface area contributed by atoms with E-state index in [-0.39, 0.29) is 17.4 Å². The lowest BCUT2D eigenvalue weighted by atomic mass is 10.2. The van der Waals surface area contributed by atoms with Gasteiger partial charge in [-0.25, -0.2) is 14.2 Å². The summed E-state index contributed by atoms with van der Waals surface area (Å²) in [5.74, 6) is 0.354. The van der Waals surface area contributed by atoms with Gasteiger partial charge in [-0.1, -0.05) is 12.1 Å². The third-order valence-electron chi connectivity index (χ3n) is 3.56. The Morgan fingerprint density at radius 1 is 1.08 bits per heavy atom. The van der Waals surface area contributed by atoms with Crippen LogP contribution >= 0.6 is 0 Å². The Morgan fingerprint density at radius 2 is 1.85 bits per heavy atom. The van der Waals surface area contributed by atoms with Gasteiger partial charge in [0.25, 0.3) is 0 Å². The molecule has 2 aromatic rings. The van der Waals surface area contributed by atoms with Crippen molar-refractivity contribution < 1.29 is 23.4 Å². The van der Waals surface area contributed by atoms with Gasteiger partial charge in [0.2, 0.25) is 5.90 Å². The normalized spacial score (nSPS) is 15.0. The number of benzene rings is 2. The number of carbonyl (C=O) groups is 1. The lowest BCUT2D eigenvalue weighted by Crippen LogP contribution is -2.06. The first-order valence-electron chi connectivity index (χ1n) is 8.29. The maximum atomic E-state index is 13.3. The number of cyclic esters (lactones) is 1. The highest BCUT2D eigenvalue weighted by Crippen LogP contribution is 2.30. The molecule has 5 nitrogen and oxygen atoms in total. The molecule has 0 aliphatic carbocycles. The summed E-state index contributed by atoms with van der Waals surface area (Å²) in [6.45, 7) is 4.74. The SMILES string of the molecule is CCOc1ccc(C2=N/C(=C\c3cccc(F)c3)C(=O)O2)cc1OCC. The number of hydrogen-bond acceptors (Lipinski definition) is 5. The van der Waals surface area contributed by atoms with Crippen LogP contribution in [0.4, 0.5) is 4.39 Å². The first-order valence-corrected chi connectivity index (χ1v) is 8.29. The van der Waals surface area contributed by atoms with Gasteiger partial charge >= 0.3 is 5.97 Å². The summed E-state index contributed by atoms with van der Waals surface area (Å²) in [6.07, 6.45) is 1.48. The summed E-state index contributed by atoms with van der Waals surface area (Å²) < 4.78 is 29.6. The van der Waals surface area contributed by atoms with Crippen molar-refractivity contribution in [1.82, 2.24) is 0 Å². The zero-order chi connectivity index (χ0) is 18.5. The highest BCUT2D eigenvalue weighted by Gasteiger charge is 2.25. The Labute approximate surface area is 150 Å². The Bertz CT molecular complexity index is 889. The van der Waals surface area contributed by atoms with Crippen molar-refractivity contribution in [3.05, 3.63) is 65.1 Å². The average Bonchev–Trinajstić information content (AvgIpc) is 2.97. The molecule has 1 aliphatic heterocycles. The summed E-state index contributed by atoms with van der Waals surface area (Å²) in [7, 11) is 0. The molecule has 0 N–H and O–H groups in total. The van der Waals surface area contributed by atoms with Crippen LogP contribution in [0, 0.1) is 5.82 Å². The fraction of sp³-hybridized carbons (Fsp3) is 0.200. The summed E-state index contributed by atoms with van der Waals surface area (Å²) in [4.78, 5) is 16.3. The van der Waals surface area contributed by atoms with Crippen LogP contribution in [-0.2, 0) is 9.53 Å². The van der Waals surface area contributed by atoms with Crippen molar-refractivity contribution in [3.8, 4) is 11.5 Å². The van der Waals surface area contributed by atoms with Crippen LogP contribution in [0.1, 0.15) is 25.0 Å². The zero-order valence-electron chi connectivity index (χ0n) is 14.5. The van der Waals surface area contributed by atoms with Crippen molar-refractivity contribution >= 4 is 17.9 Å². The summed E-state index contributed by atoms with van der Waals surface area (Å²) in [5, 5.41) is 0. The number of ether oxygens (including phenoxy) is 3. The van der Waals surface area contributed by atoms with Gasteiger partial charge in [0.1, 0.15) is 5.82 Å². The number of halogens is 1. The fourth-order valence-corrected chi connectivity index (χ4v) is 2.47. The minimum Gasteiger partial charge on any atom is -0.490 e. The Morgan fingerprint density at radius 3 is 2.58 bits per heavy atom. The van der Waals surface area contributed by atoms with Crippen LogP contribution in [0.2, 0.25) is 0 Å². The molecule has 1 aliphatic rings. The largest absolute Gasteiger partial charge is 0.490 e. The van der Waals surface area contributed by atoms with E-state index < -0.39 is 5.97 Å². The predicted octanol–water partition coefficient (Wildman–Crippen LogP) is 3.97. The number of hydrogen-bond donors (Lipinski definition) is 0. The van der Waals surface area contributed by atoms with Gasteiger partial charge in [-0.15, -0.1) is 0 Å². The molecule has 3 rings (SSSR count). The van der Waals surface area contributed by atoms with Crippen LogP contribution in [-0.4, -0.2) is 25.1 Å². The molecule has 6 heteroatoms. The van der Waals surface area contributed by atoms with Gasteiger partial charge < -0.3 is 14.2 Å². The highest BCUT2D eigenvalue weighted by atomic mass is 19.1. The predicted molar refractivity (Wildman–Crippen MR) is 95.8 cm³/mol. The highest BCUT2D eigenvalue weighted by molar-refractivity contribution is 6.13. The van der Waals surface area contributed by atoms with E-state index in [0.717, 1.165) is 0 Å². The molecule has 134 valence electrons. The molecule has 0 unspecified atom stereocenters. The molecule has 0 aromatic heterocycles. The molecule has 0 amide bonds. The Balaban J connectivity index is 1.92. The van der Waals surface area contributed by atoms with E-state index in [1.165, 1.54) is 18.2 Å². The second-order valence-corrected chi connectivity index (χ2v) is 5.42. The third-order valence-corrected chi connectivity index (χ3v) is 3.56. The molecule has 0 saturated heterocycles. The molecule has 0 atom stereocenters. The molecule has 1 heterocycles. The van der Waals surface area contributed by atoms with Gasteiger partial charge in [0, 0.05) is 5.56 Å². The Hall–Kier alpha value is -3.15. The van der Waals surface area contributed by atoms with E-state index >= 15 is 0 Å². The Kier molecular flexibility index (Phi) is 5.31. The summed E-state index contributed by atoms with van der Waals surface area (Å²) in [6, 6.07) is 11.1. The van der Waals surface area contributed by atoms with Gasteiger partial charge in [0.05, 0.1) is 13.2 Å². The van der Waals surface area contributed by atoms with Gasteiger partial charge in [0.15, 0.2) is 17.2 Å². The van der Waals surface area contributed by atoms with Crippen molar-refractivity contribution in [2.24, 2.45) is 4.99 Å². The van der Waals surface area contributed by atoms with Crippen LogP contribution in [0.15, 0.2) is 53.2 Å². The summed E-state index contributed by atoms with van der Waals surface area (Å²) in [5.41, 5.74) is 1.23. The first kappa shape index (κ1) is 17.7. The van der Waals surface area contributed by atoms with E-state index in [4.69, 9.17) is 14.2 Å². The van der Waals surface area contributed by atoms with E-state index in [1.54, 1.807) is 30.3 Å². The van der Waals surface area contributed by atoms with Crippen molar-refractivity contribution in [2.45, 2.75) is 13.8 Å². The van der Waals surface area contributed by atoms with Crippen LogP contribution in [0.5, 0.6) is 11.5 Å². The first-order chi connectivity index (χ1) is 12.6. The topological polar surface area (TPSA) is 57.1 Å². The number of aliphatic imine (C=N–C) groups is 1. The van der Waals surface area contributed by atoms with Crippen LogP contribution < -0.4 is 9.47 Å². The van der Waals surface area contributed by atoms with Crippen LogP contribution in [0.3, 0.4) is 0 Å². The van der Waals surface area contributed by atoms with Crippen molar-refractivity contribution in [3.63, 3.8) is 0 Å². The second-order valence-electron chi connectivity index (χ2n) is 5.42. The van der Waals surface area contributed by atoms with E-state index in [2.05, 4.69) is 4.99 Å². The minimum absolute atomic E-state index is 0.109. The lowest BCUT2D eigenvalue weighted by molar-refractivity contribution is -0.129. The van der Waals surface area contributed by atoms with Gasteiger partial charge in [-0.2, -0.15) is 0 Å². The molecule has 0 fully saturated rings. The number of nitrogens with zero attached hydrogens (tertiary/aromatic N) is 1.